The third-order valence-corrected chi connectivity index (χ3v) is 1.85. The van der Waals surface area contributed by atoms with Gasteiger partial charge in [0.2, 0.25) is 0 Å². The van der Waals surface area contributed by atoms with E-state index in [4.69, 9.17) is 14.9 Å². The molecule has 0 aromatic heterocycles. The Kier molecular flexibility index (Phi) is 10.0. The highest BCUT2D eigenvalue weighted by atomic mass is 16.5. The van der Waals surface area contributed by atoms with Gasteiger partial charge in [0.15, 0.2) is 0 Å². The molecule has 2 N–H and O–H groups in total. The first kappa shape index (κ1) is 13.4. The number of hydrogen-bond donors (Lipinski definition) is 2. The van der Waals surface area contributed by atoms with Crippen LogP contribution in [0.4, 0.5) is 0 Å². The molecule has 0 aromatic rings. The minimum atomic E-state index is -0.192. The zero-order chi connectivity index (χ0) is 10.6. The SMILES string of the molecule is O=C(CCCCO)OCCCCCO. The lowest BCUT2D eigenvalue weighted by Gasteiger charge is -2.03. The number of unbranched alkanes of at least 4 members (excludes halogenated alkanes) is 3. The van der Waals surface area contributed by atoms with Crippen LogP contribution in [0.2, 0.25) is 0 Å². The molecule has 0 atom stereocenters. The Morgan fingerprint density at radius 3 is 2.21 bits per heavy atom. The lowest BCUT2D eigenvalue weighted by molar-refractivity contribution is -0.143. The van der Waals surface area contributed by atoms with Crippen molar-refractivity contribution in [3.63, 3.8) is 0 Å². The molecule has 0 radical (unpaired) electrons. The summed E-state index contributed by atoms with van der Waals surface area (Å²) in [4.78, 5) is 11.0. The summed E-state index contributed by atoms with van der Waals surface area (Å²) >= 11 is 0. The van der Waals surface area contributed by atoms with Crippen molar-refractivity contribution in [2.45, 2.75) is 38.5 Å². The highest BCUT2D eigenvalue weighted by molar-refractivity contribution is 5.69. The molecule has 14 heavy (non-hydrogen) atoms. The standard InChI is InChI=1S/C10H20O4/c11-7-3-1-5-9-14-10(13)6-2-4-8-12/h11-12H,1-9H2. The molecule has 0 aromatic carbocycles. The molecule has 0 heterocycles. The van der Waals surface area contributed by atoms with Crippen LogP contribution in [-0.2, 0) is 9.53 Å². The third-order valence-electron chi connectivity index (χ3n) is 1.85. The summed E-state index contributed by atoms with van der Waals surface area (Å²) in [6.45, 7) is 0.770. The van der Waals surface area contributed by atoms with Crippen molar-refractivity contribution in [2.24, 2.45) is 0 Å². The number of carbonyl (C=O) groups is 1. The normalized spacial score (nSPS) is 10.1. The number of carbonyl (C=O) groups excluding carboxylic acids is 1. The maximum Gasteiger partial charge on any atom is 0.305 e. The van der Waals surface area contributed by atoms with E-state index in [9.17, 15) is 4.79 Å². The smallest absolute Gasteiger partial charge is 0.305 e. The molecule has 0 amide bonds. The number of aliphatic hydroxyl groups is 2. The Morgan fingerprint density at radius 2 is 1.57 bits per heavy atom. The highest BCUT2D eigenvalue weighted by Gasteiger charge is 2.01. The molecule has 4 nitrogen and oxygen atoms in total. The van der Waals surface area contributed by atoms with Gasteiger partial charge in [-0.15, -0.1) is 0 Å². The first-order valence-corrected chi connectivity index (χ1v) is 5.18. The quantitative estimate of drug-likeness (QED) is 0.431. The fourth-order valence-electron chi connectivity index (χ4n) is 1.03. The molecular formula is C10H20O4. The Morgan fingerprint density at radius 1 is 0.929 bits per heavy atom. The molecule has 0 saturated heterocycles. The summed E-state index contributed by atoms with van der Waals surface area (Å²) in [7, 11) is 0. The van der Waals surface area contributed by atoms with Crippen molar-refractivity contribution in [1.29, 1.82) is 0 Å². The van der Waals surface area contributed by atoms with Crippen LogP contribution < -0.4 is 0 Å². The van der Waals surface area contributed by atoms with Crippen molar-refractivity contribution in [2.75, 3.05) is 19.8 Å². The second kappa shape index (κ2) is 10.5. The van der Waals surface area contributed by atoms with E-state index in [1.807, 2.05) is 0 Å². The molecule has 0 spiro atoms. The van der Waals surface area contributed by atoms with Crippen molar-refractivity contribution < 1.29 is 19.7 Å². The summed E-state index contributed by atoms with van der Waals surface area (Å²) in [5.74, 6) is -0.192. The topological polar surface area (TPSA) is 66.8 Å². The van der Waals surface area contributed by atoms with Crippen molar-refractivity contribution in [1.82, 2.24) is 0 Å². The van der Waals surface area contributed by atoms with Gasteiger partial charge in [-0.2, -0.15) is 0 Å². The first-order chi connectivity index (χ1) is 6.81. The third kappa shape index (κ3) is 9.48. The van der Waals surface area contributed by atoms with Crippen LogP contribution in [-0.4, -0.2) is 36.0 Å². The Balaban J connectivity index is 3.10. The van der Waals surface area contributed by atoms with Gasteiger partial charge in [-0.25, -0.2) is 0 Å². The Hall–Kier alpha value is -0.610. The minimum Gasteiger partial charge on any atom is -0.466 e. The average Bonchev–Trinajstić information content (AvgIpc) is 2.18. The highest BCUT2D eigenvalue weighted by Crippen LogP contribution is 1.99. The largest absolute Gasteiger partial charge is 0.466 e. The molecule has 0 rings (SSSR count). The number of rotatable bonds is 9. The zero-order valence-electron chi connectivity index (χ0n) is 8.57. The maximum atomic E-state index is 11.0. The molecule has 0 fully saturated rings. The van der Waals surface area contributed by atoms with Gasteiger partial charge in [-0.3, -0.25) is 4.79 Å². The van der Waals surface area contributed by atoms with E-state index in [1.165, 1.54) is 0 Å². The molecule has 84 valence electrons. The average molecular weight is 204 g/mol. The maximum absolute atomic E-state index is 11.0. The van der Waals surface area contributed by atoms with Gasteiger partial charge in [0.05, 0.1) is 6.61 Å². The summed E-state index contributed by atoms with van der Waals surface area (Å²) in [6, 6.07) is 0. The molecular weight excluding hydrogens is 184 g/mol. The van der Waals surface area contributed by atoms with E-state index in [2.05, 4.69) is 0 Å². The lowest BCUT2D eigenvalue weighted by Crippen LogP contribution is -2.06. The van der Waals surface area contributed by atoms with Gasteiger partial charge in [0.25, 0.3) is 0 Å². The molecule has 0 aliphatic carbocycles. The van der Waals surface area contributed by atoms with Crippen molar-refractivity contribution >= 4 is 5.97 Å². The molecule has 0 unspecified atom stereocenters. The monoisotopic (exact) mass is 204 g/mol. The number of aliphatic hydroxyl groups excluding tert-OH is 2. The van der Waals surface area contributed by atoms with E-state index in [1.54, 1.807) is 0 Å². The zero-order valence-corrected chi connectivity index (χ0v) is 8.57. The van der Waals surface area contributed by atoms with Gasteiger partial charge in [-0.1, -0.05) is 0 Å². The van der Waals surface area contributed by atoms with Crippen LogP contribution in [0.25, 0.3) is 0 Å². The molecule has 0 bridgehead atoms. The predicted molar refractivity (Wildman–Crippen MR) is 52.8 cm³/mol. The van der Waals surface area contributed by atoms with Crippen LogP contribution in [0.15, 0.2) is 0 Å². The van der Waals surface area contributed by atoms with Crippen LogP contribution in [0.3, 0.4) is 0 Å². The lowest BCUT2D eigenvalue weighted by atomic mass is 10.2. The summed E-state index contributed by atoms with van der Waals surface area (Å²) in [6.07, 6.45) is 4.20. The summed E-state index contributed by atoms with van der Waals surface area (Å²) in [5.41, 5.74) is 0. The van der Waals surface area contributed by atoms with Crippen LogP contribution in [0, 0.1) is 0 Å². The van der Waals surface area contributed by atoms with Gasteiger partial charge < -0.3 is 14.9 Å². The van der Waals surface area contributed by atoms with E-state index in [0.717, 1.165) is 19.3 Å². The van der Waals surface area contributed by atoms with Gasteiger partial charge in [0.1, 0.15) is 0 Å². The molecule has 4 heteroatoms. The van der Waals surface area contributed by atoms with E-state index in [0.29, 0.717) is 25.9 Å². The molecule has 0 saturated carbocycles. The predicted octanol–water partition coefficient (Wildman–Crippen LogP) is 0.855. The summed E-state index contributed by atoms with van der Waals surface area (Å²) < 4.78 is 4.93. The second-order valence-corrected chi connectivity index (χ2v) is 3.19. The summed E-state index contributed by atoms with van der Waals surface area (Å²) in [5, 5.41) is 17.0. The van der Waals surface area contributed by atoms with Crippen molar-refractivity contribution in [3.05, 3.63) is 0 Å². The van der Waals surface area contributed by atoms with Crippen LogP contribution in [0.5, 0.6) is 0 Å². The number of esters is 1. The molecule has 0 aliphatic heterocycles. The Labute approximate surface area is 84.9 Å². The van der Waals surface area contributed by atoms with E-state index >= 15 is 0 Å². The minimum absolute atomic E-state index is 0.129. The number of hydrogen-bond acceptors (Lipinski definition) is 4. The van der Waals surface area contributed by atoms with Gasteiger partial charge >= 0.3 is 5.97 Å². The van der Waals surface area contributed by atoms with Gasteiger partial charge in [0, 0.05) is 19.6 Å². The fraction of sp³-hybridized carbons (Fsp3) is 0.900. The van der Waals surface area contributed by atoms with Crippen LogP contribution >= 0.6 is 0 Å². The second-order valence-electron chi connectivity index (χ2n) is 3.19. The molecule has 0 aliphatic rings. The number of ether oxygens (including phenoxy) is 1. The fourth-order valence-corrected chi connectivity index (χ4v) is 1.03. The van der Waals surface area contributed by atoms with Crippen LogP contribution in [0.1, 0.15) is 38.5 Å². The van der Waals surface area contributed by atoms with E-state index in [-0.39, 0.29) is 19.2 Å². The van der Waals surface area contributed by atoms with Gasteiger partial charge in [-0.05, 0) is 32.1 Å². The van der Waals surface area contributed by atoms with Crippen molar-refractivity contribution in [3.8, 4) is 0 Å². The first-order valence-electron chi connectivity index (χ1n) is 5.18. The van der Waals surface area contributed by atoms with E-state index < -0.39 is 0 Å². The Bertz CT molecular complexity index is 136.